The van der Waals surface area contributed by atoms with Gasteiger partial charge in [-0.2, -0.15) is 13.2 Å². The average Bonchev–Trinajstić information content (AvgIpc) is 3.52. The number of anilines is 1. The van der Waals surface area contributed by atoms with Gasteiger partial charge < -0.3 is 25.8 Å². The molecular formula is C24H24ClF3N4O4S. The number of aromatic nitrogens is 1. The number of rotatable bonds is 8. The summed E-state index contributed by atoms with van der Waals surface area (Å²) >= 11 is 7.48. The van der Waals surface area contributed by atoms with E-state index in [1.807, 2.05) is 30.3 Å². The highest BCUT2D eigenvalue weighted by Gasteiger charge is 2.38. The summed E-state index contributed by atoms with van der Waals surface area (Å²) in [4.78, 5) is 27.4. The number of nitrogens with two attached hydrogens (primary N) is 1. The lowest BCUT2D eigenvalue weighted by Crippen LogP contribution is -2.32. The zero-order valence-corrected chi connectivity index (χ0v) is 20.9. The first-order chi connectivity index (χ1) is 17.5. The molecular weight excluding hydrogens is 533 g/mol. The van der Waals surface area contributed by atoms with Gasteiger partial charge in [0.1, 0.15) is 17.4 Å². The van der Waals surface area contributed by atoms with Crippen LogP contribution in [-0.2, 0) is 17.9 Å². The van der Waals surface area contributed by atoms with Crippen molar-refractivity contribution in [2.24, 2.45) is 5.73 Å². The molecule has 1 aromatic heterocycles. The first kappa shape index (κ1) is 28.2. The number of hydrogen-bond donors (Lipinski definition) is 3. The number of hydrogen-bond acceptors (Lipinski definition) is 7. The van der Waals surface area contributed by atoms with E-state index in [4.69, 9.17) is 32.0 Å². The van der Waals surface area contributed by atoms with Crippen molar-refractivity contribution in [3.8, 4) is 5.75 Å². The zero-order chi connectivity index (χ0) is 27.0. The molecule has 0 bridgehead atoms. The molecule has 4 N–H and O–H groups in total. The summed E-state index contributed by atoms with van der Waals surface area (Å²) in [6, 6.07) is 15.2. The maximum absolute atomic E-state index is 11.7. The third kappa shape index (κ3) is 8.62. The van der Waals surface area contributed by atoms with E-state index in [2.05, 4.69) is 20.6 Å². The molecule has 2 aromatic carbocycles. The molecule has 4 rings (SSSR count). The second-order valence-electron chi connectivity index (χ2n) is 7.97. The fraction of sp³-hybridized carbons (Fsp3) is 0.292. The highest BCUT2D eigenvalue weighted by Crippen LogP contribution is 2.25. The fourth-order valence-electron chi connectivity index (χ4n) is 3.52. The maximum Gasteiger partial charge on any atom is 0.490 e. The predicted molar refractivity (Wildman–Crippen MR) is 134 cm³/mol. The van der Waals surface area contributed by atoms with Crippen LogP contribution in [0.15, 0.2) is 53.9 Å². The number of primary amides is 1. The van der Waals surface area contributed by atoms with Crippen molar-refractivity contribution in [1.82, 2.24) is 10.3 Å². The number of carbonyl (C=O) groups excluding carboxylic acids is 1. The Morgan fingerprint density at radius 3 is 2.54 bits per heavy atom. The number of carbonyl (C=O) groups is 2. The van der Waals surface area contributed by atoms with E-state index in [0.717, 1.165) is 41.6 Å². The van der Waals surface area contributed by atoms with E-state index in [1.165, 1.54) is 0 Å². The van der Waals surface area contributed by atoms with Crippen molar-refractivity contribution in [2.75, 3.05) is 18.0 Å². The number of nitrogens with one attached hydrogen (secondary N) is 1. The van der Waals surface area contributed by atoms with E-state index in [9.17, 15) is 18.0 Å². The number of alkyl halides is 3. The van der Waals surface area contributed by atoms with Crippen molar-refractivity contribution < 1.29 is 32.6 Å². The van der Waals surface area contributed by atoms with E-state index < -0.39 is 18.1 Å². The Labute approximate surface area is 219 Å². The topological polar surface area (TPSA) is 118 Å². The van der Waals surface area contributed by atoms with Crippen molar-refractivity contribution >= 4 is 40.5 Å². The number of carboxylic acids is 1. The molecule has 1 aliphatic heterocycles. The van der Waals surface area contributed by atoms with Gasteiger partial charge in [-0.05, 0) is 42.8 Å². The number of aliphatic carboxylic acids is 1. The molecule has 37 heavy (non-hydrogen) atoms. The Morgan fingerprint density at radius 1 is 1.22 bits per heavy atom. The molecule has 1 amide bonds. The molecule has 0 radical (unpaired) electrons. The number of ether oxygens (including phenoxy) is 1. The van der Waals surface area contributed by atoms with E-state index >= 15 is 0 Å². The van der Waals surface area contributed by atoms with Crippen LogP contribution < -0.4 is 20.7 Å². The normalized spacial score (nSPS) is 15.1. The van der Waals surface area contributed by atoms with Crippen LogP contribution in [-0.4, -0.2) is 47.3 Å². The lowest BCUT2D eigenvalue weighted by molar-refractivity contribution is -0.192. The summed E-state index contributed by atoms with van der Waals surface area (Å²) in [5, 5.41) is 14.4. The Bertz CT molecular complexity index is 1210. The molecule has 2 heterocycles. The van der Waals surface area contributed by atoms with Crippen molar-refractivity contribution in [1.29, 1.82) is 0 Å². The van der Waals surface area contributed by atoms with Crippen molar-refractivity contribution in [2.45, 2.75) is 31.8 Å². The standard InChI is InChI=1S/C22H23ClN4O2S.C2HF3O2/c23-15-5-7-18(8-6-15)29-13-21-26-17(14-30-21)11-25-16-9-10-27(12-16)20-4-2-1-3-19(20)22(24)28;3-2(4,5)1(6)7/h1-8,14,16,25H,9-13H2,(H2,24,28);(H,6,7). The summed E-state index contributed by atoms with van der Waals surface area (Å²) in [7, 11) is 0. The second-order valence-corrected chi connectivity index (χ2v) is 9.35. The zero-order valence-electron chi connectivity index (χ0n) is 19.4. The van der Waals surface area contributed by atoms with Gasteiger partial charge in [0, 0.05) is 41.8 Å². The first-order valence-corrected chi connectivity index (χ1v) is 12.3. The third-order valence-corrected chi connectivity index (χ3v) is 6.41. The number of benzene rings is 2. The molecule has 13 heteroatoms. The predicted octanol–water partition coefficient (Wildman–Crippen LogP) is 4.48. The maximum atomic E-state index is 11.7. The number of carboxylic acid groups (broad SMARTS) is 1. The van der Waals surface area contributed by atoms with Gasteiger partial charge in [0.2, 0.25) is 0 Å². The van der Waals surface area contributed by atoms with E-state index in [1.54, 1.807) is 29.5 Å². The minimum Gasteiger partial charge on any atom is -0.486 e. The van der Waals surface area contributed by atoms with Crippen LogP contribution in [0.2, 0.25) is 5.02 Å². The molecule has 1 unspecified atom stereocenters. The highest BCUT2D eigenvalue weighted by atomic mass is 35.5. The van der Waals surface area contributed by atoms with Crippen LogP contribution in [0, 0.1) is 0 Å². The Morgan fingerprint density at radius 2 is 1.89 bits per heavy atom. The van der Waals surface area contributed by atoms with Crippen LogP contribution in [0.25, 0.3) is 0 Å². The molecule has 1 atom stereocenters. The Hall–Kier alpha value is -3.35. The fourth-order valence-corrected chi connectivity index (χ4v) is 4.36. The number of halogens is 4. The molecule has 0 aliphatic carbocycles. The van der Waals surface area contributed by atoms with Gasteiger partial charge in [-0.3, -0.25) is 4.79 Å². The minimum atomic E-state index is -5.08. The lowest BCUT2D eigenvalue weighted by Gasteiger charge is -2.21. The van der Waals surface area contributed by atoms with Crippen LogP contribution in [0.5, 0.6) is 5.75 Å². The minimum absolute atomic E-state index is 0.335. The van der Waals surface area contributed by atoms with Crippen LogP contribution >= 0.6 is 22.9 Å². The van der Waals surface area contributed by atoms with Gasteiger partial charge in [-0.1, -0.05) is 23.7 Å². The summed E-state index contributed by atoms with van der Waals surface area (Å²) < 4.78 is 37.5. The van der Waals surface area contributed by atoms with Gasteiger partial charge in [0.15, 0.2) is 0 Å². The van der Waals surface area contributed by atoms with Crippen molar-refractivity contribution in [3.05, 3.63) is 75.2 Å². The molecule has 8 nitrogen and oxygen atoms in total. The first-order valence-electron chi connectivity index (χ1n) is 11.0. The number of nitrogens with zero attached hydrogens (tertiary/aromatic N) is 2. The molecule has 0 saturated carbocycles. The van der Waals surface area contributed by atoms with Gasteiger partial charge in [-0.15, -0.1) is 11.3 Å². The molecule has 0 spiro atoms. The molecule has 1 saturated heterocycles. The van der Waals surface area contributed by atoms with Crippen LogP contribution in [0.4, 0.5) is 18.9 Å². The largest absolute Gasteiger partial charge is 0.490 e. The van der Waals surface area contributed by atoms with Crippen LogP contribution in [0.1, 0.15) is 27.5 Å². The van der Waals surface area contributed by atoms with Gasteiger partial charge in [0.25, 0.3) is 5.91 Å². The number of amides is 1. The monoisotopic (exact) mass is 556 g/mol. The quantitative estimate of drug-likeness (QED) is 0.374. The molecule has 1 aliphatic rings. The summed E-state index contributed by atoms with van der Waals surface area (Å²) in [5.74, 6) is -2.37. The van der Waals surface area contributed by atoms with Gasteiger partial charge in [0.05, 0.1) is 11.3 Å². The molecule has 3 aromatic rings. The van der Waals surface area contributed by atoms with E-state index in [0.29, 0.717) is 29.8 Å². The SMILES string of the molecule is NC(=O)c1ccccc1N1CCC(NCc2csc(COc3ccc(Cl)cc3)n2)C1.O=C(O)C(F)(F)F. The molecule has 198 valence electrons. The lowest BCUT2D eigenvalue weighted by atomic mass is 10.1. The molecule has 1 fully saturated rings. The Balaban J connectivity index is 0.000000479. The highest BCUT2D eigenvalue weighted by molar-refractivity contribution is 7.09. The van der Waals surface area contributed by atoms with E-state index in [-0.39, 0.29) is 0 Å². The van der Waals surface area contributed by atoms with Gasteiger partial charge in [-0.25, -0.2) is 9.78 Å². The summed E-state index contributed by atoms with van der Waals surface area (Å²) in [6.45, 7) is 2.86. The summed E-state index contributed by atoms with van der Waals surface area (Å²) in [6.07, 6.45) is -4.08. The van der Waals surface area contributed by atoms with Crippen molar-refractivity contribution in [3.63, 3.8) is 0 Å². The second kappa shape index (κ2) is 12.7. The average molecular weight is 557 g/mol. The third-order valence-electron chi connectivity index (χ3n) is 5.29. The summed E-state index contributed by atoms with van der Waals surface area (Å²) in [5.41, 5.74) is 8.00. The van der Waals surface area contributed by atoms with Gasteiger partial charge >= 0.3 is 12.1 Å². The van der Waals surface area contributed by atoms with Crippen LogP contribution in [0.3, 0.4) is 0 Å². The number of thiazole rings is 1. The Kier molecular flexibility index (Phi) is 9.73. The smallest absolute Gasteiger partial charge is 0.486 e. The number of para-hydroxylation sites is 1.